The number of alkyl halides is 3. The molecule has 1 N–H and O–H groups in total. The number of nitrogens with zero attached hydrogens (tertiary/aromatic N) is 2. The molecule has 0 amide bonds. The fourth-order valence-corrected chi connectivity index (χ4v) is 4.73. The lowest BCUT2D eigenvalue weighted by Crippen LogP contribution is -2.47. The van der Waals surface area contributed by atoms with Crippen molar-refractivity contribution in [2.75, 3.05) is 0 Å². The third kappa shape index (κ3) is 1.81. The number of aryl methyl sites for hydroxylation is 2. The van der Waals surface area contributed by atoms with Gasteiger partial charge in [-0.1, -0.05) is 36.4 Å². The average molecular weight is 370 g/mol. The normalized spacial score (nSPS) is 19.5. The molecule has 1 unspecified atom stereocenters. The Kier molecular flexibility index (Phi) is 3.02. The minimum Gasteiger partial charge on any atom is -0.371 e. The van der Waals surface area contributed by atoms with E-state index in [2.05, 4.69) is 0 Å². The SMILES string of the molecule is Cn1c2c(c3ccccc31)C(O)(C(F)(F)F)c1c(c3ccccc3n1C)C2. The first-order chi connectivity index (χ1) is 12.8. The summed E-state index contributed by atoms with van der Waals surface area (Å²) in [5.41, 5.74) is -0.799. The number of hydrogen-bond donors (Lipinski definition) is 1. The van der Waals surface area contributed by atoms with E-state index in [1.54, 1.807) is 55.1 Å². The van der Waals surface area contributed by atoms with E-state index in [1.807, 2.05) is 12.1 Å². The fraction of sp³-hybridized carbons (Fsp3) is 0.238. The smallest absolute Gasteiger partial charge is 0.371 e. The Morgan fingerprint density at radius 1 is 0.889 bits per heavy atom. The van der Waals surface area contributed by atoms with Crippen molar-refractivity contribution in [3.8, 4) is 0 Å². The van der Waals surface area contributed by atoms with Gasteiger partial charge in [0.1, 0.15) is 0 Å². The Bertz CT molecular complexity index is 1230. The molecule has 4 aromatic rings. The Labute approximate surface area is 153 Å². The number of aliphatic hydroxyl groups is 1. The van der Waals surface area contributed by atoms with Crippen LogP contribution in [0.2, 0.25) is 0 Å². The molecule has 0 radical (unpaired) electrons. The summed E-state index contributed by atoms with van der Waals surface area (Å²) in [4.78, 5) is 0. The average Bonchev–Trinajstić information content (AvgIpc) is 3.09. The van der Waals surface area contributed by atoms with Crippen LogP contribution in [-0.4, -0.2) is 20.4 Å². The van der Waals surface area contributed by atoms with Gasteiger partial charge in [0.2, 0.25) is 5.60 Å². The monoisotopic (exact) mass is 370 g/mol. The zero-order valence-electron chi connectivity index (χ0n) is 14.8. The van der Waals surface area contributed by atoms with Crippen LogP contribution in [0.4, 0.5) is 13.2 Å². The molecule has 0 bridgehead atoms. The highest BCUT2D eigenvalue weighted by Crippen LogP contribution is 2.54. The summed E-state index contributed by atoms with van der Waals surface area (Å²) in [6.45, 7) is 0. The molecule has 0 saturated carbocycles. The number of benzene rings is 2. The van der Waals surface area contributed by atoms with Crippen LogP contribution in [0.1, 0.15) is 22.5 Å². The van der Waals surface area contributed by atoms with Gasteiger partial charge in [0.15, 0.2) is 0 Å². The van der Waals surface area contributed by atoms with E-state index in [9.17, 15) is 18.3 Å². The fourth-order valence-electron chi connectivity index (χ4n) is 4.73. The molecule has 2 heterocycles. The van der Waals surface area contributed by atoms with Crippen LogP contribution in [0.25, 0.3) is 21.8 Å². The van der Waals surface area contributed by atoms with Crippen molar-refractivity contribution in [1.82, 2.24) is 9.13 Å². The maximum absolute atomic E-state index is 14.5. The molecule has 0 aliphatic heterocycles. The van der Waals surface area contributed by atoms with Crippen molar-refractivity contribution >= 4 is 21.8 Å². The predicted molar refractivity (Wildman–Crippen MR) is 97.7 cm³/mol. The van der Waals surface area contributed by atoms with Crippen molar-refractivity contribution in [2.45, 2.75) is 18.2 Å². The number of rotatable bonds is 0. The minimum absolute atomic E-state index is 0.0495. The van der Waals surface area contributed by atoms with E-state index >= 15 is 0 Å². The zero-order chi connectivity index (χ0) is 19.1. The highest BCUT2D eigenvalue weighted by molar-refractivity contribution is 5.92. The van der Waals surface area contributed by atoms with Crippen LogP contribution < -0.4 is 0 Å². The minimum atomic E-state index is -4.86. The standard InChI is InChI=1S/C21H17F3N2O/c1-25-16-10-6-4-8-13(16)18-17(25)11-14-12-7-3-5-9-15(12)26(2)19(14)20(18,27)21(22,23)24/h3-10,27H,11H2,1-2H3. The van der Waals surface area contributed by atoms with Gasteiger partial charge in [-0.3, -0.25) is 0 Å². The van der Waals surface area contributed by atoms with E-state index in [4.69, 9.17) is 0 Å². The molecule has 1 aliphatic rings. The van der Waals surface area contributed by atoms with Gasteiger partial charge in [0, 0.05) is 53.6 Å². The molecule has 3 nitrogen and oxygen atoms in total. The van der Waals surface area contributed by atoms with Crippen molar-refractivity contribution in [1.29, 1.82) is 0 Å². The highest BCUT2D eigenvalue weighted by atomic mass is 19.4. The first-order valence-electron chi connectivity index (χ1n) is 8.69. The van der Waals surface area contributed by atoms with Crippen LogP contribution in [-0.2, 0) is 26.1 Å². The molecule has 1 atom stereocenters. The third-order valence-electron chi connectivity index (χ3n) is 5.90. The quantitative estimate of drug-likeness (QED) is 0.489. The molecule has 0 spiro atoms. The topological polar surface area (TPSA) is 30.1 Å². The van der Waals surface area contributed by atoms with Crippen LogP contribution >= 0.6 is 0 Å². The van der Waals surface area contributed by atoms with Crippen LogP contribution in [0, 0.1) is 0 Å². The van der Waals surface area contributed by atoms with Gasteiger partial charge in [-0.25, -0.2) is 0 Å². The van der Waals surface area contributed by atoms with Gasteiger partial charge in [-0.05, 0) is 17.7 Å². The maximum Gasteiger partial charge on any atom is 0.427 e. The van der Waals surface area contributed by atoms with Crippen LogP contribution in [0.5, 0.6) is 0 Å². The second kappa shape index (κ2) is 4.95. The molecule has 1 aliphatic carbocycles. The molecule has 5 rings (SSSR count). The first kappa shape index (κ1) is 16.4. The van der Waals surface area contributed by atoms with Gasteiger partial charge in [0.05, 0.1) is 5.69 Å². The summed E-state index contributed by atoms with van der Waals surface area (Å²) in [7, 11) is 3.35. The van der Waals surface area contributed by atoms with Gasteiger partial charge < -0.3 is 14.2 Å². The highest BCUT2D eigenvalue weighted by Gasteiger charge is 2.62. The van der Waals surface area contributed by atoms with Crippen molar-refractivity contribution in [3.63, 3.8) is 0 Å². The molecule has 6 heteroatoms. The Hall–Kier alpha value is -2.73. The summed E-state index contributed by atoms with van der Waals surface area (Å²) >= 11 is 0. The molecule has 2 aromatic carbocycles. The van der Waals surface area contributed by atoms with Crippen LogP contribution in [0.3, 0.4) is 0 Å². The maximum atomic E-state index is 14.5. The molecule has 2 aromatic heterocycles. The lowest BCUT2D eigenvalue weighted by Gasteiger charge is -2.36. The third-order valence-corrected chi connectivity index (χ3v) is 5.90. The first-order valence-corrected chi connectivity index (χ1v) is 8.69. The number of hydrogen-bond acceptors (Lipinski definition) is 1. The summed E-state index contributed by atoms with van der Waals surface area (Å²) < 4.78 is 46.6. The van der Waals surface area contributed by atoms with E-state index in [0.717, 1.165) is 5.39 Å². The van der Waals surface area contributed by atoms with Crippen molar-refractivity contribution in [3.05, 3.63) is 71.0 Å². The van der Waals surface area contributed by atoms with Crippen molar-refractivity contribution < 1.29 is 18.3 Å². The predicted octanol–water partition coefficient (Wildman–Crippen LogP) is 4.37. The zero-order valence-corrected chi connectivity index (χ0v) is 14.8. The molecular weight excluding hydrogens is 353 g/mol. The van der Waals surface area contributed by atoms with E-state index in [0.29, 0.717) is 34.1 Å². The summed E-state index contributed by atoms with van der Waals surface area (Å²) in [6.07, 6.45) is -4.52. The van der Waals surface area contributed by atoms with E-state index in [1.165, 1.54) is 4.57 Å². The lowest BCUT2D eigenvalue weighted by atomic mass is 9.79. The lowest BCUT2D eigenvalue weighted by molar-refractivity contribution is -0.251. The number of fused-ring (bicyclic) bond motifs is 6. The largest absolute Gasteiger partial charge is 0.427 e. The number of para-hydroxylation sites is 2. The Morgan fingerprint density at radius 2 is 1.44 bits per heavy atom. The summed E-state index contributed by atoms with van der Waals surface area (Å²) in [5.74, 6) is 0. The van der Waals surface area contributed by atoms with Gasteiger partial charge in [-0.15, -0.1) is 0 Å². The Morgan fingerprint density at radius 3 is 2.07 bits per heavy atom. The summed E-state index contributed by atoms with van der Waals surface area (Å²) in [5, 5.41) is 12.5. The second-order valence-corrected chi connectivity index (χ2v) is 7.19. The van der Waals surface area contributed by atoms with Gasteiger partial charge in [-0.2, -0.15) is 13.2 Å². The van der Waals surface area contributed by atoms with E-state index in [-0.39, 0.29) is 11.3 Å². The van der Waals surface area contributed by atoms with Gasteiger partial charge in [0.25, 0.3) is 0 Å². The summed E-state index contributed by atoms with van der Waals surface area (Å²) in [6, 6.07) is 14.1. The molecular formula is C21H17F3N2O. The van der Waals surface area contributed by atoms with Crippen LogP contribution in [0.15, 0.2) is 48.5 Å². The number of aromatic nitrogens is 2. The molecule has 27 heavy (non-hydrogen) atoms. The molecule has 138 valence electrons. The Balaban J connectivity index is 2.01. The molecule has 0 fully saturated rings. The van der Waals surface area contributed by atoms with Crippen molar-refractivity contribution in [2.24, 2.45) is 14.1 Å². The number of halogens is 3. The van der Waals surface area contributed by atoms with E-state index < -0.39 is 11.8 Å². The van der Waals surface area contributed by atoms with Gasteiger partial charge >= 0.3 is 6.18 Å². The second-order valence-electron chi connectivity index (χ2n) is 7.19. The molecule has 0 saturated heterocycles.